The fourth-order valence-corrected chi connectivity index (χ4v) is 2.10. The van der Waals surface area contributed by atoms with Crippen molar-refractivity contribution in [3.05, 3.63) is 28.4 Å². The second-order valence-corrected chi connectivity index (χ2v) is 4.52. The molecule has 0 saturated carbocycles. The standard InChI is InChI=1S/C10H17N4O3/c1-7-8(2)13(7)6-9(15)5-12-4-3-11-10(12)14(16)17/h3-4,7-9,11,15H,5-6H2,1-2H3/q-1. The number of rotatable bonds is 4. The zero-order chi connectivity index (χ0) is 12.6. The van der Waals surface area contributed by atoms with Crippen molar-refractivity contribution < 1.29 is 5.11 Å². The normalized spacial score (nSPS) is 29.0. The lowest BCUT2D eigenvalue weighted by molar-refractivity contribution is 0.129. The molecule has 7 heteroatoms. The van der Waals surface area contributed by atoms with Gasteiger partial charge in [-0.3, -0.25) is 9.80 Å². The molecule has 96 valence electrons. The Labute approximate surface area is 98.8 Å². The van der Waals surface area contributed by atoms with E-state index in [0.29, 0.717) is 18.6 Å². The highest BCUT2D eigenvalue weighted by Crippen LogP contribution is 2.26. The summed E-state index contributed by atoms with van der Waals surface area (Å²) in [5.74, 6) is 0. The van der Waals surface area contributed by atoms with Crippen LogP contribution >= 0.6 is 0 Å². The van der Waals surface area contributed by atoms with E-state index in [9.17, 15) is 15.5 Å². The van der Waals surface area contributed by atoms with Crippen molar-refractivity contribution >= 4 is 0 Å². The topological polar surface area (TPSA) is 93.1 Å². The SMILES string of the molecule is CC1C(C)N1CC(O)Cn1cc[nH]c1=[N+]([O-])[O-]. The number of hydrogen-bond donors (Lipinski definition) is 2. The minimum atomic E-state index is -0.595. The Bertz CT molecular complexity index is 440. The van der Waals surface area contributed by atoms with Gasteiger partial charge in [-0.05, 0) is 13.8 Å². The van der Waals surface area contributed by atoms with Crippen LogP contribution in [-0.4, -0.2) is 44.3 Å². The number of nitrogens with one attached hydrogen (secondary N) is 1. The van der Waals surface area contributed by atoms with E-state index in [1.54, 1.807) is 6.20 Å². The summed E-state index contributed by atoms with van der Waals surface area (Å²) in [4.78, 5) is 4.20. The van der Waals surface area contributed by atoms with Crippen LogP contribution in [0.3, 0.4) is 0 Å². The highest BCUT2D eigenvalue weighted by atomic mass is 16.8. The molecule has 0 radical (unpaired) electrons. The molecule has 0 spiro atoms. The summed E-state index contributed by atoms with van der Waals surface area (Å²) >= 11 is 0. The fraction of sp³-hybridized carbons (Fsp3) is 0.700. The van der Waals surface area contributed by atoms with Crippen molar-refractivity contribution in [1.82, 2.24) is 19.4 Å². The molecule has 3 unspecified atom stereocenters. The number of aromatic nitrogens is 2. The Kier molecular flexibility index (Phi) is 3.12. The van der Waals surface area contributed by atoms with Crippen LogP contribution < -0.4 is 10.5 Å². The van der Waals surface area contributed by atoms with Crippen LogP contribution in [0.25, 0.3) is 0 Å². The average molecular weight is 241 g/mol. The first-order valence-electron chi connectivity index (χ1n) is 5.65. The van der Waals surface area contributed by atoms with E-state index >= 15 is 0 Å². The average Bonchev–Trinajstić information content (AvgIpc) is 2.71. The Balaban J connectivity index is 1.97. The highest BCUT2D eigenvalue weighted by molar-refractivity contribution is 4.96. The van der Waals surface area contributed by atoms with Gasteiger partial charge in [-0.15, -0.1) is 0 Å². The third-order valence-corrected chi connectivity index (χ3v) is 3.40. The molecule has 3 atom stereocenters. The van der Waals surface area contributed by atoms with Crippen molar-refractivity contribution in [2.24, 2.45) is 0 Å². The van der Waals surface area contributed by atoms with Crippen molar-refractivity contribution in [3.8, 4) is 0 Å². The molecule has 2 rings (SSSR count). The van der Waals surface area contributed by atoms with E-state index in [0.717, 1.165) is 0 Å². The van der Waals surface area contributed by atoms with E-state index < -0.39 is 11.0 Å². The zero-order valence-corrected chi connectivity index (χ0v) is 9.91. The molecular formula is C10H17N4O3-. The third-order valence-electron chi connectivity index (χ3n) is 3.40. The number of H-pyrrole nitrogens is 1. The lowest BCUT2D eigenvalue weighted by Crippen LogP contribution is -2.35. The molecular weight excluding hydrogens is 224 g/mol. The molecule has 0 aromatic carbocycles. The van der Waals surface area contributed by atoms with E-state index in [1.807, 2.05) is 0 Å². The van der Waals surface area contributed by atoms with Gasteiger partial charge in [-0.25, -0.2) is 9.55 Å². The highest BCUT2D eigenvalue weighted by Gasteiger charge is 2.40. The zero-order valence-electron chi connectivity index (χ0n) is 9.91. The lowest BCUT2D eigenvalue weighted by atomic mass is 10.3. The smallest absolute Gasteiger partial charge is 0.358 e. The van der Waals surface area contributed by atoms with Crippen LogP contribution in [0.1, 0.15) is 13.8 Å². The number of hydrogen-bond acceptors (Lipinski definition) is 4. The molecule has 1 aliphatic rings. The summed E-state index contributed by atoms with van der Waals surface area (Å²) in [6.07, 6.45) is 2.46. The minimum Gasteiger partial charge on any atom is -0.744 e. The van der Waals surface area contributed by atoms with Gasteiger partial charge in [-0.1, -0.05) is 0 Å². The quantitative estimate of drug-likeness (QED) is 0.524. The molecule has 7 nitrogen and oxygen atoms in total. The summed E-state index contributed by atoms with van der Waals surface area (Å²) in [6, 6.07) is 0.992. The maximum Gasteiger partial charge on any atom is 0.358 e. The predicted octanol–water partition coefficient (Wildman–Crippen LogP) is -0.962. The molecule has 0 bridgehead atoms. The minimum absolute atomic E-state index is 0.101. The molecule has 1 aromatic rings. The molecule has 17 heavy (non-hydrogen) atoms. The van der Waals surface area contributed by atoms with E-state index in [2.05, 4.69) is 23.7 Å². The van der Waals surface area contributed by atoms with Gasteiger partial charge in [0.2, 0.25) is 0 Å². The number of aromatic amines is 1. The maximum atomic E-state index is 10.7. The van der Waals surface area contributed by atoms with Gasteiger partial charge in [0.15, 0.2) is 0 Å². The van der Waals surface area contributed by atoms with Crippen molar-refractivity contribution in [2.45, 2.75) is 38.6 Å². The van der Waals surface area contributed by atoms with E-state index in [-0.39, 0.29) is 12.2 Å². The van der Waals surface area contributed by atoms with Crippen LogP contribution in [0, 0.1) is 10.4 Å². The lowest BCUT2D eigenvalue weighted by Gasteiger charge is -2.14. The van der Waals surface area contributed by atoms with Gasteiger partial charge < -0.3 is 15.5 Å². The second-order valence-electron chi connectivity index (χ2n) is 4.52. The molecule has 1 saturated heterocycles. The Morgan fingerprint density at radius 2 is 2.06 bits per heavy atom. The molecule has 2 N–H and O–H groups in total. The third kappa shape index (κ3) is 2.45. The van der Waals surface area contributed by atoms with Crippen molar-refractivity contribution in [3.63, 3.8) is 0 Å². The summed E-state index contributed by atoms with van der Waals surface area (Å²) < 4.78 is 1.42. The van der Waals surface area contributed by atoms with Gasteiger partial charge in [-0.2, -0.15) is 0 Å². The predicted molar refractivity (Wildman–Crippen MR) is 62.4 cm³/mol. The summed E-state index contributed by atoms with van der Waals surface area (Å²) in [6.45, 7) is 4.99. The molecule has 0 aliphatic carbocycles. The van der Waals surface area contributed by atoms with Gasteiger partial charge >= 0.3 is 5.62 Å². The number of aliphatic hydroxyl groups excluding tert-OH is 1. The van der Waals surface area contributed by atoms with Gasteiger partial charge in [0.1, 0.15) is 0 Å². The number of β-amino-alcohol motifs (C(OH)–C–C–N with tert-alkyl or cyclic N) is 1. The van der Waals surface area contributed by atoms with Gasteiger partial charge in [0.25, 0.3) is 0 Å². The monoisotopic (exact) mass is 241 g/mol. The number of imidazole rings is 1. The number of aliphatic hydroxyl groups is 1. The molecule has 2 heterocycles. The van der Waals surface area contributed by atoms with Crippen LogP contribution in [-0.2, 0) is 6.54 Å². The molecule has 1 aliphatic heterocycles. The van der Waals surface area contributed by atoms with Crippen LogP contribution in [0.4, 0.5) is 0 Å². The van der Waals surface area contributed by atoms with Gasteiger partial charge in [0, 0.05) is 18.6 Å². The van der Waals surface area contributed by atoms with Crippen LogP contribution in [0.2, 0.25) is 0 Å². The molecule has 1 aromatic heterocycles. The first-order chi connectivity index (χ1) is 8.00. The maximum absolute atomic E-state index is 10.7. The molecule has 1 fully saturated rings. The van der Waals surface area contributed by atoms with Gasteiger partial charge in [0.05, 0.1) is 25.0 Å². The largest absolute Gasteiger partial charge is 0.744 e. The Morgan fingerprint density at radius 3 is 2.59 bits per heavy atom. The van der Waals surface area contributed by atoms with Crippen LogP contribution in [0.15, 0.2) is 12.4 Å². The second kappa shape index (κ2) is 4.42. The van der Waals surface area contributed by atoms with Crippen molar-refractivity contribution in [2.75, 3.05) is 6.54 Å². The van der Waals surface area contributed by atoms with E-state index in [4.69, 9.17) is 0 Å². The first-order valence-corrected chi connectivity index (χ1v) is 5.65. The summed E-state index contributed by atoms with van der Waals surface area (Å²) in [5, 5.41) is 31.2. The molecule has 0 amide bonds. The first kappa shape index (κ1) is 12.0. The summed E-state index contributed by atoms with van der Waals surface area (Å²) in [7, 11) is 0. The fourth-order valence-electron chi connectivity index (χ4n) is 2.10. The van der Waals surface area contributed by atoms with E-state index in [1.165, 1.54) is 10.8 Å². The summed E-state index contributed by atoms with van der Waals surface area (Å²) in [5.41, 5.74) is -0.101. The van der Waals surface area contributed by atoms with Crippen LogP contribution in [0.5, 0.6) is 0 Å². The Hall–Kier alpha value is -1.47. The Morgan fingerprint density at radius 1 is 1.41 bits per heavy atom. The van der Waals surface area contributed by atoms with Crippen molar-refractivity contribution in [1.29, 1.82) is 0 Å². The number of nitrogens with zero attached hydrogens (tertiary/aromatic N) is 3.